The van der Waals surface area contributed by atoms with Crippen LogP contribution in [0.4, 0.5) is 5.82 Å². The van der Waals surface area contributed by atoms with E-state index in [0.717, 1.165) is 25.3 Å². The van der Waals surface area contributed by atoms with Gasteiger partial charge in [0, 0.05) is 6.54 Å². The monoisotopic (exact) mass is 195 g/mol. The summed E-state index contributed by atoms with van der Waals surface area (Å²) in [6.07, 6.45) is 3.38. The number of hydrogen-bond acceptors (Lipinski definition) is 5. The van der Waals surface area contributed by atoms with Gasteiger partial charge in [0.15, 0.2) is 5.82 Å². The molecule has 3 N–H and O–H groups in total. The second-order valence-corrected chi connectivity index (χ2v) is 3.00. The summed E-state index contributed by atoms with van der Waals surface area (Å²) in [7, 11) is 0. The third-order valence-corrected chi connectivity index (χ3v) is 2.13. The molecule has 0 aliphatic rings. The lowest BCUT2D eigenvalue weighted by Gasteiger charge is -2.16. The summed E-state index contributed by atoms with van der Waals surface area (Å²) in [6.45, 7) is 7.15. The molecular formula is C9H17N5. The Morgan fingerprint density at radius 3 is 2.43 bits per heavy atom. The van der Waals surface area contributed by atoms with Crippen molar-refractivity contribution in [2.24, 2.45) is 5.84 Å². The minimum atomic E-state index is 0.591. The van der Waals surface area contributed by atoms with E-state index in [1.165, 1.54) is 0 Å². The summed E-state index contributed by atoms with van der Waals surface area (Å²) < 4.78 is 0. The number of aromatic nitrogens is 2. The minimum absolute atomic E-state index is 0.591. The van der Waals surface area contributed by atoms with Gasteiger partial charge in [0.25, 0.3) is 0 Å². The standard InChI is InChI=1S/C9H17N5/c1-3-14(4-2)7-8-5-12-9(13-10)6-11-8/h5-6H,3-4,7,10H2,1-2H3,(H,12,13). The van der Waals surface area contributed by atoms with E-state index in [-0.39, 0.29) is 0 Å². The van der Waals surface area contributed by atoms with Crippen molar-refractivity contribution in [1.82, 2.24) is 14.9 Å². The van der Waals surface area contributed by atoms with Crippen LogP contribution in [-0.2, 0) is 6.54 Å². The average molecular weight is 195 g/mol. The number of hydrazine groups is 1. The van der Waals surface area contributed by atoms with Gasteiger partial charge in [-0.15, -0.1) is 0 Å². The average Bonchev–Trinajstić information content (AvgIpc) is 2.26. The molecule has 0 aromatic carbocycles. The van der Waals surface area contributed by atoms with Crippen molar-refractivity contribution in [3.8, 4) is 0 Å². The quantitative estimate of drug-likeness (QED) is 0.532. The Bertz CT molecular complexity index is 254. The van der Waals surface area contributed by atoms with Crippen molar-refractivity contribution in [1.29, 1.82) is 0 Å². The van der Waals surface area contributed by atoms with E-state index < -0.39 is 0 Å². The maximum absolute atomic E-state index is 5.19. The number of rotatable bonds is 5. The molecule has 1 rings (SSSR count). The Morgan fingerprint density at radius 1 is 1.29 bits per heavy atom. The lowest BCUT2D eigenvalue weighted by atomic mass is 10.4. The summed E-state index contributed by atoms with van der Waals surface area (Å²) in [5, 5.41) is 0. The van der Waals surface area contributed by atoms with Gasteiger partial charge in [0.05, 0.1) is 18.1 Å². The highest BCUT2D eigenvalue weighted by atomic mass is 15.3. The van der Waals surface area contributed by atoms with Crippen LogP contribution in [0.1, 0.15) is 19.5 Å². The number of hydrogen-bond donors (Lipinski definition) is 2. The zero-order chi connectivity index (χ0) is 10.4. The highest BCUT2D eigenvalue weighted by Gasteiger charge is 2.02. The van der Waals surface area contributed by atoms with E-state index in [0.29, 0.717) is 5.82 Å². The van der Waals surface area contributed by atoms with Crippen LogP contribution in [0, 0.1) is 0 Å². The summed E-state index contributed by atoms with van der Waals surface area (Å²) >= 11 is 0. The normalized spacial score (nSPS) is 10.6. The van der Waals surface area contributed by atoms with Crippen LogP contribution in [0.3, 0.4) is 0 Å². The second kappa shape index (κ2) is 5.51. The highest BCUT2D eigenvalue weighted by Crippen LogP contribution is 2.02. The third-order valence-electron chi connectivity index (χ3n) is 2.13. The molecular weight excluding hydrogens is 178 g/mol. The number of anilines is 1. The third kappa shape index (κ3) is 2.93. The Labute approximate surface area is 84.3 Å². The molecule has 0 saturated carbocycles. The molecule has 1 heterocycles. The van der Waals surface area contributed by atoms with Gasteiger partial charge in [-0.3, -0.25) is 9.88 Å². The van der Waals surface area contributed by atoms with Gasteiger partial charge >= 0.3 is 0 Å². The van der Waals surface area contributed by atoms with Gasteiger partial charge in [-0.05, 0) is 13.1 Å². The van der Waals surface area contributed by atoms with Crippen molar-refractivity contribution in [2.75, 3.05) is 18.5 Å². The molecule has 0 aliphatic carbocycles. The molecule has 1 aromatic rings. The Hall–Kier alpha value is -1.20. The first kappa shape index (κ1) is 10.9. The maximum Gasteiger partial charge on any atom is 0.158 e. The van der Waals surface area contributed by atoms with Crippen LogP contribution in [0.25, 0.3) is 0 Å². The number of nitrogens with one attached hydrogen (secondary N) is 1. The number of nitrogens with zero attached hydrogens (tertiary/aromatic N) is 3. The molecule has 5 heteroatoms. The summed E-state index contributed by atoms with van der Waals surface area (Å²) in [6, 6.07) is 0. The molecule has 0 unspecified atom stereocenters. The highest BCUT2D eigenvalue weighted by molar-refractivity contribution is 5.28. The van der Waals surface area contributed by atoms with Crippen molar-refractivity contribution in [2.45, 2.75) is 20.4 Å². The predicted octanol–water partition coefficient (Wildman–Crippen LogP) is 0.604. The Morgan fingerprint density at radius 2 is 2.00 bits per heavy atom. The van der Waals surface area contributed by atoms with Crippen molar-refractivity contribution in [3.63, 3.8) is 0 Å². The summed E-state index contributed by atoms with van der Waals surface area (Å²) in [4.78, 5) is 10.6. The second-order valence-electron chi connectivity index (χ2n) is 3.00. The number of nitrogen functional groups attached to an aromatic ring is 1. The lowest BCUT2D eigenvalue weighted by Crippen LogP contribution is -2.23. The predicted molar refractivity (Wildman–Crippen MR) is 56.5 cm³/mol. The summed E-state index contributed by atoms with van der Waals surface area (Å²) in [5.41, 5.74) is 3.41. The molecule has 5 nitrogen and oxygen atoms in total. The largest absolute Gasteiger partial charge is 0.307 e. The molecule has 0 saturated heterocycles. The fraction of sp³-hybridized carbons (Fsp3) is 0.556. The van der Waals surface area contributed by atoms with Crippen molar-refractivity contribution in [3.05, 3.63) is 18.1 Å². The van der Waals surface area contributed by atoms with Gasteiger partial charge in [-0.1, -0.05) is 13.8 Å². The van der Waals surface area contributed by atoms with Gasteiger partial charge in [0.1, 0.15) is 0 Å². The Kier molecular flexibility index (Phi) is 4.28. The zero-order valence-electron chi connectivity index (χ0n) is 8.70. The van der Waals surface area contributed by atoms with Crippen LogP contribution in [0.5, 0.6) is 0 Å². The maximum atomic E-state index is 5.19. The van der Waals surface area contributed by atoms with Gasteiger partial charge < -0.3 is 5.43 Å². The van der Waals surface area contributed by atoms with Crippen molar-refractivity contribution < 1.29 is 0 Å². The van der Waals surface area contributed by atoms with Gasteiger partial charge in [-0.25, -0.2) is 10.8 Å². The van der Waals surface area contributed by atoms with E-state index >= 15 is 0 Å². The first-order valence-electron chi connectivity index (χ1n) is 4.80. The fourth-order valence-electron chi connectivity index (χ4n) is 1.19. The van der Waals surface area contributed by atoms with E-state index in [4.69, 9.17) is 5.84 Å². The number of nitrogens with two attached hydrogens (primary N) is 1. The SMILES string of the molecule is CCN(CC)Cc1cnc(NN)cn1. The van der Waals surface area contributed by atoms with E-state index in [2.05, 4.69) is 34.1 Å². The van der Waals surface area contributed by atoms with Crippen LogP contribution < -0.4 is 11.3 Å². The fourth-order valence-corrected chi connectivity index (χ4v) is 1.19. The van der Waals surface area contributed by atoms with Crippen LogP contribution in [0.2, 0.25) is 0 Å². The Balaban J connectivity index is 2.58. The smallest absolute Gasteiger partial charge is 0.158 e. The summed E-state index contributed by atoms with van der Waals surface area (Å²) in [5.74, 6) is 5.78. The van der Waals surface area contributed by atoms with Crippen LogP contribution in [0.15, 0.2) is 12.4 Å². The first-order valence-corrected chi connectivity index (χ1v) is 4.80. The van der Waals surface area contributed by atoms with Gasteiger partial charge in [0.2, 0.25) is 0 Å². The molecule has 1 aromatic heterocycles. The molecule has 0 fully saturated rings. The molecule has 78 valence electrons. The molecule has 0 aliphatic heterocycles. The van der Waals surface area contributed by atoms with E-state index in [1.807, 2.05) is 0 Å². The first-order chi connectivity index (χ1) is 6.80. The molecule has 0 bridgehead atoms. The molecule has 0 radical (unpaired) electrons. The van der Waals surface area contributed by atoms with Crippen molar-refractivity contribution >= 4 is 5.82 Å². The molecule has 0 amide bonds. The molecule has 0 atom stereocenters. The topological polar surface area (TPSA) is 67.1 Å². The molecule has 14 heavy (non-hydrogen) atoms. The van der Waals surface area contributed by atoms with Crippen LogP contribution >= 0.6 is 0 Å². The lowest BCUT2D eigenvalue weighted by molar-refractivity contribution is 0.292. The van der Waals surface area contributed by atoms with Crippen LogP contribution in [-0.4, -0.2) is 28.0 Å². The van der Waals surface area contributed by atoms with E-state index in [9.17, 15) is 0 Å². The zero-order valence-corrected chi connectivity index (χ0v) is 8.70. The van der Waals surface area contributed by atoms with E-state index in [1.54, 1.807) is 12.4 Å². The van der Waals surface area contributed by atoms with Gasteiger partial charge in [-0.2, -0.15) is 0 Å². The molecule has 0 spiro atoms. The minimum Gasteiger partial charge on any atom is -0.307 e.